The number of fused-ring (bicyclic) bond motifs is 2. The number of carbonyl (C=O) groups excluding carboxylic acids is 1. The second-order valence-electron chi connectivity index (χ2n) is 5.57. The van der Waals surface area contributed by atoms with Crippen LogP contribution in [0.4, 0.5) is 13.2 Å². The highest BCUT2D eigenvalue weighted by Crippen LogP contribution is 2.36. The Kier molecular flexibility index (Phi) is 3.28. The van der Waals surface area contributed by atoms with Crippen LogP contribution in [-0.4, -0.2) is 22.9 Å². The highest BCUT2D eigenvalue weighted by Gasteiger charge is 2.41. The molecule has 3 rings (SSSR count). The van der Waals surface area contributed by atoms with Crippen molar-refractivity contribution in [3.63, 3.8) is 0 Å². The van der Waals surface area contributed by atoms with Gasteiger partial charge < -0.3 is 5.32 Å². The topological polar surface area (TPSA) is 42.0 Å². The van der Waals surface area contributed by atoms with E-state index in [0.717, 1.165) is 18.9 Å². The standard InChI is InChI=1S/C14H15F3N2O/c15-14(16,17)11-2-1-5-18-12(11)13(20)8-6-9-3-4-10(7-8)19-9/h1-2,5,8-10,19H,3-4,6-7H2. The molecule has 2 aliphatic rings. The summed E-state index contributed by atoms with van der Waals surface area (Å²) in [5, 5.41) is 3.38. The van der Waals surface area contributed by atoms with Gasteiger partial charge in [-0.2, -0.15) is 13.2 Å². The van der Waals surface area contributed by atoms with Gasteiger partial charge in [-0.1, -0.05) is 0 Å². The quantitative estimate of drug-likeness (QED) is 0.849. The minimum Gasteiger partial charge on any atom is -0.311 e. The van der Waals surface area contributed by atoms with Gasteiger partial charge in [-0.3, -0.25) is 9.78 Å². The predicted octanol–water partition coefficient (Wildman–Crippen LogP) is 2.81. The predicted molar refractivity (Wildman–Crippen MR) is 66.2 cm³/mol. The van der Waals surface area contributed by atoms with Gasteiger partial charge in [0.15, 0.2) is 5.78 Å². The van der Waals surface area contributed by atoms with Gasteiger partial charge in [0.05, 0.1) is 5.56 Å². The van der Waals surface area contributed by atoms with Crippen LogP contribution in [0.5, 0.6) is 0 Å². The van der Waals surface area contributed by atoms with Crippen LogP contribution in [0.3, 0.4) is 0 Å². The Morgan fingerprint density at radius 3 is 2.50 bits per heavy atom. The number of ketones is 1. The van der Waals surface area contributed by atoms with E-state index in [1.165, 1.54) is 12.3 Å². The van der Waals surface area contributed by atoms with Crippen LogP contribution in [0, 0.1) is 5.92 Å². The summed E-state index contributed by atoms with van der Waals surface area (Å²) in [6.07, 6.45) is -0.0543. The molecule has 108 valence electrons. The molecule has 0 spiro atoms. The number of hydrogen-bond donors (Lipinski definition) is 1. The Bertz CT molecular complexity index is 517. The van der Waals surface area contributed by atoms with Gasteiger partial charge in [-0.25, -0.2) is 0 Å². The van der Waals surface area contributed by atoms with E-state index in [0.29, 0.717) is 12.8 Å². The summed E-state index contributed by atoms with van der Waals surface area (Å²) < 4.78 is 38.8. The molecule has 0 aliphatic carbocycles. The second-order valence-corrected chi connectivity index (χ2v) is 5.57. The van der Waals surface area contributed by atoms with Crippen molar-refractivity contribution in [3.05, 3.63) is 29.6 Å². The van der Waals surface area contributed by atoms with Crippen LogP contribution in [0.25, 0.3) is 0 Å². The number of rotatable bonds is 2. The Balaban J connectivity index is 1.88. The molecule has 0 amide bonds. The lowest BCUT2D eigenvalue weighted by atomic mass is 9.86. The van der Waals surface area contributed by atoms with Gasteiger partial charge in [0.2, 0.25) is 0 Å². The molecule has 2 bridgehead atoms. The van der Waals surface area contributed by atoms with Crippen molar-refractivity contribution in [2.45, 2.75) is 43.9 Å². The fourth-order valence-corrected chi connectivity index (χ4v) is 3.30. The third-order valence-corrected chi connectivity index (χ3v) is 4.19. The molecule has 2 unspecified atom stereocenters. The molecular weight excluding hydrogens is 269 g/mol. The third-order valence-electron chi connectivity index (χ3n) is 4.19. The first-order chi connectivity index (χ1) is 9.45. The Hall–Kier alpha value is -1.43. The summed E-state index contributed by atoms with van der Waals surface area (Å²) in [7, 11) is 0. The van der Waals surface area contributed by atoms with Gasteiger partial charge in [-0.15, -0.1) is 0 Å². The molecular formula is C14H15F3N2O. The van der Waals surface area contributed by atoms with Crippen molar-refractivity contribution >= 4 is 5.78 Å². The van der Waals surface area contributed by atoms with Crippen LogP contribution in [-0.2, 0) is 6.18 Å². The zero-order chi connectivity index (χ0) is 14.3. The SMILES string of the molecule is O=C(c1ncccc1C(F)(F)F)C1CC2CCC(C1)N2. The maximum Gasteiger partial charge on any atom is 0.418 e. The van der Waals surface area contributed by atoms with Crippen molar-refractivity contribution in [1.29, 1.82) is 0 Å². The number of Topliss-reactive ketones (excluding diaryl/α,β-unsaturated/α-hetero) is 1. The van der Waals surface area contributed by atoms with Crippen LogP contribution in [0.15, 0.2) is 18.3 Å². The molecule has 0 saturated carbocycles. The number of halogens is 3. The average Bonchev–Trinajstić information content (AvgIpc) is 2.75. The number of piperidine rings is 1. The third kappa shape index (κ3) is 2.44. The Morgan fingerprint density at radius 2 is 1.90 bits per heavy atom. The van der Waals surface area contributed by atoms with Crippen molar-refractivity contribution in [1.82, 2.24) is 10.3 Å². The summed E-state index contributed by atoms with van der Waals surface area (Å²) in [4.78, 5) is 16.1. The smallest absolute Gasteiger partial charge is 0.311 e. The van der Waals surface area contributed by atoms with Crippen LogP contribution >= 0.6 is 0 Å². The largest absolute Gasteiger partial charge is 0.418 e. The van der Waals surface area contributed by atoms with Crippen molar-refractivity contribution in [3.8, 4) is 0 Å². The van der Waals surface area contributed by atoms with E-state index in [2.05, 4.69) is 10.3 Å². The highest BCUT2D eigenvalue weighted by atomic mass is 19.4. The molecule has 2 atom stereocenters. The molecule has 1 aromatic heterocycles. The number of hydrogen-bond acceptors (Lipinski definition) is 3. The first-order valence-corrected chi connectivity index (χ1v) is 6.77. The van der Waals surface area contributed by atoms with E-state index in [1.54, 1.807) is 0 Å². The van der Waals surface area contributed by atoms with E-state index in [4.69, 9.17) is 0 Å². The molecule has 20 heavy (non-hydrogen) atoms. The maximum atomic E-state index is 12.9. The Labute approximate surface area is 114 Å². The van der Waals surface area contributed by atoms with Gasteiger partial charge in [0.25, 0.3) is 0 Å². The fourth-order valence-electron chi connectivity index (χ4n) is 3.30. The minimum absolute atomic E-state index is 0.265. The molecule has 3 nitrogen and oxygen atoms in total. The van der Waals surface area contributed by atoms with Gasteiger partial charge >= 0.3 is 6.18 Å². The number of aromatic nitrogens is 1. The summed E-state index contributed by atoms with van der Waals surface area (Å²) in [6, 6.07) is 2.67. The number of pyridine rings is 1. The van der Waals surface area contributed by atoms with E-state index >= 15 is 0 Å². The highest BCUT2D eigenvalue weighted by molar-refractivity contribution is 5.97. The van der Waals surface area contributed by atoms with E-state index in [1.807, 2.05) is 0 Å². The lowest BCUT2D eigenvalue weighted by Gasteiger charge is -2.28. The van der Waals surface area contributed by atoms with E-state index in [9.17, 15) is 18.0 Å². The minimum atomic E-state index is -4.54. The molecule has 0 aromatic carbocycles. The van der Waals surface area contributed by atoms with Crippen LogP contribution < -0.4 is 5.32 Å². The first-order valence-electron chi connectivity index (χ1n) is 6.77. The van der Waals surface area contributed by atoms with E-state index in [-0.39, 0.29) is 18.0 Å². The van der Waals surface area contributed by atoms with Crippen molar-refractivity contribution < 1.29 is 18.0 Å². The average molecular weight is 284 g/mol. The molecule has 1 N–H and O–H groups in total. The molecule has 6 heteroatoms. The summed E-state index contributed by atoms with van der Waals surface area (Å²) >= 11 is 0. The molecule has 0 radical (unpaired) electrons. The second kappa shape index (κ2) is 4.84. The van der Waals surface area contributed by atoms with Crippen LogP contribution in [0.1, 0.15) is 41.7 Å². The number of nitrogens with zero attached hydrogens (tertiary/aromatic N) is 1. The van der Waals surface area contributed by atoms with Crippen LogP contribution in [0.2, 0.25) is 0 Å². The van der Waals surface area contributed by atoms with Gasteiger partial charge in [0, 0.05) is 24.2 Å². The van der Waals surface area contributed by atoms with Crippen molar-refractivity contribution in [2.75, 3.05) is 0 Å². The van der Waals surface area contributed by atoms with E-state index < -0.39 is 23.2 Å². The maximum absolute atomic E-state index is 12.9. The zero-order valence-corrected chi connectivity index (χ0v) is 10.8. The summed E-state index contributed by atoms with van der Waals surface area (Å²) in [6.45, 7) is 0. The summed E-state index contributed by atoms with van der Waals surface area (Å²) in [5.41, 5.74) is -1.35. The normalized spacial score (nSPS) is 29.4. The first kappa shape index (κ1) is 13.5. The zero-order valence-electron chi connectivity index (χ0n) is 10.8. The van der Waals surface area contributed by atoms with Crippen molar-refractivity contribution in [2.24, 2.45) is 5.92 Å². The molecule has 3 heterocycles. The number of alkyl halides is 3. The van der Waals surface area contributed by atoms with Gasteiger partial charge in [-0.05, 0) is 37.8 Å². The molecule has 2 fully saturated rings. The number of nitrogens with one attached hydrogen (secondary N) is 1. The summed E-state index contributed by atoms with van der Waals surface area (Å²) in [5.74, 6) is -0.805. The Morgan fingerprint density at radius 1 is 1.25 bits per heavy atom. The number of carbonyl (C=O) groups is 1. The molecule has 2 aliphatic heterocycles. The van der Waals surface area contributed by atoms with Gasteiger partial charge in [0.1, 0.15) is 5.69 Å². The fraction of sp³-hybridized carbons (Fsp3) is 0.571. The molecule has 2 saturated heterocycles. The lowest BCUT2D eigenvalue weighted by molar-refractivity contribution is -0.138. The lowest BCUT2D eigenvalue weighted by Crippen LogP contribution is -2.41. The molecule has 1 aromatic rings. The monoisotopic (exact) mass is 284 g/mol.